The number of allylic oxidation sites excluding steroid dienone is 2. The lowest BCUT2D eigenvalue weighted by atomic mass is 9.95. The lowest BCUT2D eigenvalue weighted by molar-refractivity contribution is -0.115. The number of hydrogen-bond acceptors (Lipinski definition) is 5. The van der Waals surface area contributed by atoms with E-state index in [2.05, 4.69) is 10.3 Å². The van der Waals surface area contributed by atoms with Crippen LogP contribution in [0.4, 0.5) is 5.69 Å². The third-order valence-corrected chi connectivity index (χ3v) is 6.18. The van der Waals surface area contributed by atoms with Crippen molar-refractivity contribution in [3.05, 3.63) is 88.1 Å². The molecule has 36 heavy (non-hydrogen) atoms. The molecule has 3 aromatic rings. The number of carbonyl (C=O) groups excluding carboxylic acids is 2. The smallest absolute Gasteiger partial charge is 0.338 e. The maximum atomic E-state index is 12.6. The molecule has 6 nitrogen and oxygen atoms in total. The molecule has 1 amide bonds. The van der Waals surface area contributed by atoms with E-state index < -0.39 is 5.97 Å². The molecule has 1 aromatic heterocycles. The second-order valence-electron chi connectivity index (χ2n) is 8.51. The number of halogens is 1. The van der Waals surface area contributed by atoms with E-state index in [9.17, 15) is 9.59 Å². The Hall–Kier alpha value is -3.64. The van der Waals surface area contributed by atoms with Crippen LogP contribution < -0.4 is 10.1 Å². The zero-order valence-electron chi connectivity index (χ0n) is 20.5. The number of anilines is 1. The first-order chi connectivity index (χ1) is 17.5. The standard InChI is InChI=1S/C29H29ClN2O4/c1-3-27(33)32-23-14-20(13-21(15-23)29(34)35-4-2)24-11-8-12-25(24)26-16-22(30)17-31-28(26)36-18-19-9-6-5-7-10-19/h5-7,9-10,13-17H,3-4,8,11-12,18H2,1-2H3,(H,32,33). The van der Waals surface area contributed by atoms with Crippen molar-refractivity contribution in [1.29, 1.82) is 0 Å². The van der Waals surface area contributed by atoms with Gasteiger partial charge in [-0.25, -0.2) is 9.78 Å². The molecule has 0 unspecified atom stereocenters. The highest BCUT2D eigenvalue weighted by Crippen LogP contribution is 2.43. The van der Waals surface area contributed by atoms with Gasteiger partial charge in [0.1, 0.15) is 6.61 Å². The number of hydrogen-bond donors (Lipinski definition) is 1. The first-order valence-corrected chi connectivity index (χ1v) is 12.5. The summed E-state index contributed by atoms with van der Waals surface area (Å²) in [5, 5.41) is 3.40. The first kappa shape index (κ1) is 25.5. The fraction of sp³-hybridized carbons (Fsp3) is 0.276. The molecule has 4 rings (SSSR count). The van der Waals surface area contributed by atoms with Gasteiger partial charge in [-0.15, -0.1) is 0 Å². The fourth-order valence-corrected chi connectivity index (χ4v) is 4.46. The average Bonchev–Trinajstić information content (AvgIpc) is 3.38. The molecule has 2 aromatic carbocycles. The van der Waals surface area contributed by atoms with Gasteiger partial charge in [-0.1, -0.05) is 48.9 Å². The van der Waals surface area contributed by atoms with Crippen LogP contribution in [0.5, 0.6) is 5.88 Å². The highest BCUT2D eigenvalue weighted by atomic mass is 35.5. The maximum Gasteiger partial charge on any atom is 0.338 e. The number of amides is 1. The maximum absolute atomic E-state index is 12.6. The Morgan fingerprint density at radius 2 is 1.81 bits per heavy atom. The summed E-state index contributed by atoms with van der Waals surface area (Å²) in [6.07, 6.45) is 4.49. The number of nitrogens with zero attached hydrogens (tertiary/aromatic N) is 1. The highest BCUT2D eigenvalue weighted by molar-refractivity contribution is 6.30. The van der Waals surface area contributed by atoms with Crippen molar-refractivity contribution < 1.29 is 19.1 Å². The van der Waals surface area contributed by atoms with Crippen LogP contribution in [0.1, 0.15) is 66.6 Å². The van der Waals surface area contributed by atoms with Gasteiger partial charge in [-0.2, -0.15) is 0 Å². The molecule has 1 aliphatic carbocycles. The number of esters is 1. The van der Waals surface area contributed by atoms with Gasteiger partial charge in [0.15, 0.2) is 0 Å². The van der Waals surface area contributed by atoms with E-state index in [-0.39, 0.29) is 12.5 Å². The van der Waals surface area contributed by atoms with E-state index >= 15 is 0 Å². The molecule has 1 aliphatic rings. The number of benzene rings is 2. The Bertz CT molecular complexity index is 1290. The Labute approximate surface area is 216 Å². The van der Waals surface area contributed by atoms with Gasteiger partial charge in [-0.3, -0.25) is 4.79 Å². The highest BCUT2D eigenvalue weighted by Gasteiger charge is 2.23. The van der Waals surface area contributed by atoms with Crippen molar-refractivity contribution >= 4 is 40.3 Å². The Morgan fingerprint density at radius 1 is 1.03 bits per heavy atom. The summed E-state index contributed by atoms with van der Waals surface area (Å²) >= 11 is 6.36. The van der Waals surface area contributed by atoms with Crippen molar-refractivity contribution in [3.8, 4) is 5.88 Å². The van der Waals surface area contributed by atoms with Crippen LogP contribution in [0.15, 0.2) is 60.8 Å². The topological polar surface area (TPSA) is 77.5 Å². The number of nitrogens with one attached hydrogen (secondary N) is 1. The molecule has 1 heterocycles. The Morgan fingerprint density at radius 3 is 2.56 bits per heavy atom. The number of pyridine rings is 1. The number of rotatable bonds is 9. The SMILES string of the molecule is CCOC(=O)c1cc(NC(=O)CC)cc(C2=C(c3cc(Cl)cnc3OCc3ccccc3)CCC2)c1. The van der Waals surface area contributed by atoms with Gasteiger partial charge < -0.3 is 14.8 Å². The summed E-state index contributed by atoms with van der Waals surface area (Å²) in [5.74, 6) is -0.0419. The first-order valence-electron chi connectivity index (χ1n) is 12.2. The van der Waals surface area contributed by atoms with Gasteiger partial charge in [-0.05, 0) is 72.7 Å². The summed E-state index contributed by atoms with van der Waals surface area (Å²) in [6, 6.07) is 17.2. The van der Waals surface area contributed by atoms with Gasteiger partial charge in [0.2, 0.25) is 11.8 Å². The van der Waals surface area contributed by atoms with E-state index in [0.29, 0.717) is 35.2 Å². The third-order valence-electron chi connectivity index (χ3n) is 5.98. The Balaban J connectivity index is 1.76. The van der Waals surface area contributed by atoms with Crippen LogP contribution in [0.2, 0.25) is 5.02 Å². The summed E-state index contributed by atoms with van der Waals surface area (Å²) in [7, 11) is 0. The van der Waals surface area contributed by atoms with Crippen LogP contribution in [0, 0.1) is 0 Å². The molecule has 7 heteroatoms. The van der Waals surface area contributed by atoms with E-state index in [1.165, 1.54) is 0 Å². The zero-order valence-corrected chi connectivity index (χ0v) is 21.2. The fourth-order valence-electron chi connectivity index (χ4n) is 4.30. The van der Waals surface area contributed by atoms with Gasteiger partial charge in [0.05, 0.1) is 17.2 Å². The van der Waals surface area contributed by atoms with Crippen LogP contribution in [0.3, 0.4) is 0 Å². The van der Waals surface area contributed by atoms with Gasteiger partial charge in [0, 0.05) is 23.9 Å². The predicted octanol–water partition coefficient (Wildman–Crippen LogP) is 6.93. The predicted molar refractivity (Wildman–Crippen MR) is 142 cm³/mol. The molecule has 0 radical (unpaired) electrons. The van der Waals surface area contributed by atoms with Crippen molar-refractivity contribution in [2.45, 2.75) is 46.1 Å². The molecule has 1 N–H and O–H groups in total. The number of ether oxygens (including phenoxy) is 2. The third kappa shape index (κ3) is 6.13. The van der Waals surface area contributed by atoms with E-state index in [0.717, 1.165) is 47.1 Å². The molecule has 186 valence electrons. The summed E-state index contributed by atoms with van der Waals surface area (Å²) in [6.45, 7) is 4.20. The number of carbonyl (C=O) groups is 2. The van der Waals surface area contributed by atoms with Crippen molar-refractivity contribution in [2.75, 3.05) is 11.9 Å². The van der Waals surface area contributed by atoms with Crippen LogP contribution >= 0.6 is 11.6 Å². The molecule has 0 saturated carbocycles. The quantitative estimate of drug-likeness (QED) is 0.319. The van der Waals surface area contributed by atoms with E-state index in [1.807, 2.05) is 48.5 Å². The largest absolute Gasteiger partial charge is 0.472 e. The minimum absolute atomic E-state index is 0.127. The molecule has 0 fully saturated rings. The van der Waals surface area contributed by atoms with Crippen LogP contribution in [-0.2, 0) is 16.1 Å². The lowest BCUT2D eigenvalue weighted by Gasteiger charge is -2.15. The molecular formula is C29H29ClN2O4. The van der Waals surface area contributed by atoms with Crippen LogP contribution in [0.25, 0.3) is 11.1 Å². The average molecular weight is 505 g/mol. The number of aromatic nitrogens is 1. The summed E-state index contributed by atoms with van der Waals surface area (Å²) < 4.78 is 11.4. The lowest BCUT2D eigenvalue weighted by Crippen LogP contribution is -2.12. The second-order valence-corrected chi connectivity index (χ2v) is 8.95. The molecule has 0 saturated heterocycles. The van der Waals surface area contributed by atoms with Gasteiger partial charge >= 0.3 is 5.97 Å². The monoisotopic (exact) mass is 504 g/mol. The van der Waals surface area contributed by atoms with E-state index in [1.54, 1.807) is 26.1 Å². The molecule has 0 spiro atoms. The minimum atomic E-state index is -0.428. The van der Waals surface area contributed by atoms with Crippen molar-refractivity contribution in [1.82, 2.24) is 4.98 Å². The molecule has 0 bridgehead atoms. The molecular weight excluding hydrogens is 476 g/mol. The molecule has 0 aliphatic heterocycles. The summed E-state index contributed by atoms with van der Waals surface area (Å²) in [4.78, 5) is 29.2. The Kier molecular flexibility index (Phi) is 8.39. The van der Waals surface area contributed by atoms with Crippen molar-refractivity contribution in [3.63, 3.8) is 0 Å². The zero-order chi connectivity index (χ0) is 25.5. The minimum Gasteiger partial charge on any atom is -0.472 e. The summed E-state index contributed by atoms with van der Waals surface area (Å²) in [5.41, 5.74) is 5.83. The van der Waals surface area contributed by atoms with Crippen LogP contribution in [-0.4, -0.2) is 23.5 Å². The van der Waals surface area contributed by atoms with Crippen molar-refractivity contribution in [2.24, 2.45) is 0 Å². The normalized spacial score (nSPS) is 13.0. The second kappa shape index (κ2) is 11.9. The van der Waals surface area contributed by atoms with Gasteiger partial charge in [0.25, 0.3) is 0 Å². The van der Waals surface area contributed by atoms with E-state index in [4.69, 9.17) is 21.1 Å². The molecule has 0 atom stereocenters.